The zero-order chi connectivity index (χ0) is 25.0. The van der Waals surface area contributed by atoms with E-state index in [9.17, 15) is 19.2 Å². The fourth-order valence-electron chi connectivity index (χ4n) is 4.86. The van der Waals surface area contributed by atoms with E-state index < -0.39 is 40.8 Å². The Morgan fingerprint density at radius 3 is 2.47 bits per heavy atom. The molecule has 1 aromatic rings. The summed E-state index contributed by atoms with van der Waals surface area (Å²) in [6, 6.07) is 2.39. The maximum absolute atomic E-state index is 15.8. The highest BCUT2D eigenvalue weighted by Crippen LogP contribution is 2.42. The Kier molecular flexibility index (Phi) is 5.78. The fourth-order valence-corrected chi connectivity index (χ4v) is 4.86. The first-order valence-electron chi connectivity index (χ1n) is 11.4. The van der Waals surface area contributed by atoms with Crippen molar-refractivity contribution in [3.63, 3.8) is 0 Å². The zero-order valence-electron chi connectivity index (χ0n) is 20.2. The number of fused-ring (bicyclic) bond motifs is 1. The molecule has 34 heavy (non-hydrogen) atoms. The van der Waals surface area contributed by atoms with Gasteiger partial charge in [0, 0.05) is 41.6 Å². The highest BCUT2D eigenvalue weighted by atomic mass is 19.1. The van der Waals surface area contributed by atoms with Gasteiger partial charge in [0.15, 0.2) is 0 Å². The molecular formula is C25H30FN3O5. The van der Waals surface area contributed by atoms with Gasteiger partial charge in [-0.3, -0.25) is 19.7 Å². The lowest BCUT2D eigenvalue weighted by Crippen LogP contribution is -2.52. The predicted octanol–water partition coefficient (Wildman–Crippen LogP) is 3.25. The number of rotatable bonds is 2. The fraction of sp³-hybridized carbons (Fsp3) is 0.520. The predicted molar refractivity (Wildman–Crippen MR) is 122 cm³/mol. The van der Waals surface area contributed by atoms with Gasteiger partial charge < -0.3 is 14.5 Å². The quantitative estimate of drug-likeness (QED) is 0.668. The summed E-state index contributed by atoms with van der Waals surface area (Å²) < 4.78 is 21.3. The van der Waals surface area contributed by atoms with Crippen molar-refractivity contribution >= 4 is 29.4 Å². The lowest BCUT2D eigenvalue weighted by molar-refractivity contribution is -0.136. The minimum absolute atomic E-state index is 0.0299. The Morgan fingerprint density at radius 2 is 1.85 bits per heavy atom. The van der Waals surface area contributed by atoms with Crippen molar-refractivity contribution in [1.29, 1.82) is 0 Å². The summed E-state index contributed by atoms with van der Waals surface area (Å²) in [6.07, 6.45) is 1.76. The molecule has 1 unspecified atom stereocenters. The Labute approximate surface area is 198 Å². The molecule has 3 heterocycles. The van der Waals surface area contributed by atoms with Crippen molar-refractivity contribution in [3.8, 4) is 0 Å². The molecule has 1 atom stereocenters. The summed E-state index contributed by atoms with van der Waals surface area (Å²) in [4.78, 5) is 52.2. The summed E-state index contributed by atoms with van der Waals surface area (Å²) in [6.45, 7) is 9.89. The summed E-state index contributed by atoms with van der Waals surface area (Å²) >= 11 is 0. The van der Waals surface area contributed by atoms with E-state index in [0.29, 0.717) is 12.1 Å². The lowest BCUT2D eigenvalue weighted by Gasteiger charge is -2.39. The number of carbonyl (C=O) groups excluding carboxylic acids is 4. The molecule has 0 radical (unpaired) electrons. The molecule has 0 saturated carbocycles. The minimum Gasteiger partial charge on any atom is -0.444 e. The molecule has 3 aliphatic heterocycles. The van der Waals surface area contributed by atoms with Crippen molar-refractivity contribution in [1.82, 2.24) is 15.1 Å². The van der Waals surface area contributed by atoms with E-state index in [0.717, 1.165) is 5.57 Å². The van der Waals surface area contributed by atoms with Crippen molar-refractivity contribution in [3.05, 3.63) is 40.7 Å². The monoisotopic (exact) mass is 471 g/mol. The van der Waals surface area contributed by atoms with E-state index in [1.807, 2.05) is 19.9 Å². The summed E-state index contributed by atoms with van der Waals surface area (Å²) in [5.74, 6) is -1.81. The molecule has 0 aromatic heterocycles. The molecule has 9 heteroatoms. The average Bonchev–Trinajstić information content (AvgIpc) is 3.04. The van der Waals surface area contributed by atoms with Crippen LogP contribution in [0.25, 0.3) is 5.57 Å². The Morgan fingerprint density at radius 1 is 1.18 bits per heavy atom. The van der Waals surface area contributed by atoms with Gasteiger partial charge in [0.25, 0.3) is 5.91 Å². The number of amides is 4. The van der Waals surface area contributed by atoms with Crippen LogP contribution >= 0.6 is 0 Å². The van der Waals surface area contributed by atoms with Crippen molar-refractivity contribution in [2.24, 2.45) is 5.41 Å². The number of hydrogen-bond donors (Lipinski definition) is 1. The van der Waals surface area contributed by atoms with Crippen LogP contribution < -0.4 is 5.32 Å². The van der Waals surface area contributed by atoms with Gasteiger partial charge in [-0.05, 0) is 38.8 Å². The average molecular weight is 472 g/mol. The number of benzene rings is 1. The van der Waals surface area contributed by atoms with Gasteiger partial charge in [0.05, 0.1) is 6.54 Å². The number of nitrogens with zero attached hydrogens (tertiary/aromatic N) is 2. The second kappa shape index (κ2) is 8.21. The van der Waals surface area contributed by atoms with Crippen molar-refractivity contribution < 1.29 is 28.3 Å². The van der Waals surface area contributed by atoms with Crippen LogP contribution in [0, 0.1) is 11.2 Å². The van der Waals surface area contributed by atoms with Crippen LogP contribution in [0.5, 0.6) is 0 Å². The molecule has 1 N–H and O–H groups in total. The Balaban J connectivity index is 1.60. The summed E-state index contributed by atoms with van der Waals surface area (Å²) in [5, 5.41) is 2.25. The zero-order valence-corrected chi connectivity index (χ0v) is 20.2. The third-order valence-corrected chi connectivity index (χ3v) is 6.42. The summed E-state index contributed by atoms with van der Waals surface area (Å²) in [5.41, 5.74) is 0.438. The highest BCUT2D eigenvalue weighted by molar-refractivity contribution is 6.05. The minimum atomic E-state index is -0.798. The van der Waals surface area contributed by atoms with Gasteiger partial charge in [-0.15, -0.1) is 0 Å². The van der Waals surface area contributed by atoms with Gasteiger partial charge in [0.2, 0.25) is 11.8 Å². The van der Waals surface area contributed by atoms with Crippen LogP contribution in [-0.4, -0.2) is 58.3 Å². The third-order valence-electron chi connectivity index (χ3n) is 6.42. The normalized spacial score (nSPS) is 22.4. The molecule has 4 rings (SSSR count). The molecule has 4 amide bonds. The van der Waals surface area contributed by atoms with Gasteiger partial charge in [0.1, 0.15) is 17.5 Å². The van der Waals surface area contributed by atoms with Crippen LogP contribution in [0.1, 0.15) is 68.9 Å². The standard InChI is InChI=1S/C25H30FN3O5/c1-24(2,3)34-23(33)28-11-10-17(25(4,5)13-28)15-7-6-14-16(20(15)26)12-29(22(14)32)18-8-9-19(30)27-21(18)31/h6-7,10,18H,8-9,11-13H2,1-5H3,(H,27,30,31). The van der Waals surface area contributed by atoms with Crippen LogP contribution in [0.4, 0.5) is 9.18 Å². The molecule has 0 spiro atoms. The molecular weight excluding hydrogens is 441 g/mol. The number of carbonyl (C=O) groups is 4. The van der Waals surface area contributed by atoms with Crippen LogP contribution in [0.3, 0.4) is 0 Å². The maximum atomic E-state index is 15.8. The van der Waals surface area contributed by atoms with E-state index in [1.165, 1.54) is 4.90 Å². The molecule has 1 saturated heterocycles. The van der Waals surface area contributed by atoms with Gasteiger partial charge in [-0.25, -0.2) is 9.18 Å². The summed E-state index contributed by atoms with van der Waals surface area (Å²) in [7, 11) is 0. The first kappa shape index (κ1) is 23.9. The molecule has 1 fully saturated rings. The van der Waals surface area contributed by atoms with E-state index in [-0.39, 0.29) is 43.0 Å². The smallest absolute Gasteiger partial charge is 0.410 e. The van der Waals surface area contributed by atoms with E-state index in [2.05, 4.69) is 5.32 Å². The second-order valence-corrected chi connectivity index (χ2v) is 10.7. The maximum Gasteiger partial charge on any atom is 0.410 e. The topological polar surface area (TPSA) is 96.0 Å². The van der Waals surface area contributed by atoms with Gasteiger partial charge >= 0.3 is 6.09 Å². The number of imide groups is 1. The largest absolute Gasteiger partial charge is 0.444 e. The molecule has 182 valence electrons. The number of halogens is 1. The molecule has 1 aromatic carbocycles. The van der Waals surface area contributed by atoms with Gasteiger partial charge in [-0.2, -0.15) is 0 Å². The molecule has 3 aliphatic rings. The third kappa shape index (κ3) is 4.31. The van der Waals surface area contributed by atoms with E-state index in [4.69, 9.17) is 4.74 Å². The number of piperidine rings is 1. The lowest BCUT2D eigenvalue weighted by atomic mass is 9.77. The number of hydrogen-bond acceptors (Lipinski definition) is 5. The van der Waals surface area contributed by atoms with Crippen LogP contribution in [0.2, 0.25) is 0 Å². The van der Waals surface area contributed by atoms with Crippen LogP contribution in [-0.2, 0) is 20.9 Å². The SMILES string of the molecule is CC(C)(C)OC(=O)N1CC=C(c2ccc3c(c2F)CN(C2CCC(=O)NC2=O)C3=O)C(C)(C)C1. The molecule has 0 bridgehead atoms. The van der Waals surface area contributed by atoms with Crippen LogP contribution in [0.15, 0.2) is 18.2 Å². The Bertz CT molecular complexity index is 1120. The molecule has 8 nitrogen and oxygen atoms in total. The van der Waals surface area contributed by atoms with Crippen molar-refractivity contribution in [2.75, 3.05) is 13.1 Å². The second-order valence-electron chi connectivity index (χ2n) is 10.7. The Hall–Kier alpha value is -3.23. The number of nitrogens with one attached hydrogen (secondary N) is 1. The first-order valence-corrected chi connectivity index (χ1v) is 11.4. The molecule has 0 aliphatic carbocycles. The van der Waals surface area contributed by atoms with E-state index in [1.54, 1.807) is 37.8 Å². The first-order chi connectivity index (χ1) is 15.8. The number of ether oxygens (including phenoxy) is 1. The highest BCUT2D eigenvalue weighted by Gasteiger charge is 2.42. The van der Waals surface area contributed by atoms with E-state index >= 15 is 4.39 Å². The van der Waals surface area contributed by atoms with Crippen molar-refractivity contribution in [2.45, 2.75) is 65.6 Å². The van der Waals surface area contributed by atoms with Gasteiger partial charge in [-0.1, -0.05) is 26.0 Å².